The molecule has 4 nitrogen and oxygen atoms in total. The molecule has 0 spiro atoms. The van der Waals surface area contributed by atoms with E-state index in [0.717, 1.165) is 36.8 Å². The van der Waals surface area contributed by atoms with Gasteiger partial charge in [-0.1, -0.05) is 30.3 Å². The quantitative estimate of drug-likeness (QED) is 0.649. The summed E-state index contributed by atoms with van der Waals surface area (Å²) in [4.78, 5) is 15.5. The van der Waals surface area contributed by atoms with Gasteiger partial charge in [0.05, 0.1) is 7.11 Å². The minimum Gasteiger partial charge on any atom is -0.469 e. The highest BCUT2D eigenvalue weighted by atomic mass is 16.5. The zero-order valence-electron chi connectivity index (χ0n) is 14.6. The molecule has 25 heavy (non-hydrogen) atoms. The van der Waals surface area contributed by atoms with E-state index in [4.69, 9.17) is 10.5 Å². The predicted octanol–water partition coefficient (Wildman–Crippen LogP) is 3.28. The van der Waals surface area contributed by atoms with Crippen LogP contribution < -0.4 is 5.73 Å². The molecule has 1 heterocycles. The van der Waals surface area contributed by atoms with Gasteiger partial charge in [-0.2, -0.15) is 0 Å². The van der Waals surface area contributed by atoms with Gasteiger partial charge < -0.3 is 10.5 Å². The molecule has 130 valence electrons. The number of unbranched alkanes of at least 4 members (excludes halogenated alkanes) is 1. The van der Waals surface area contributed by atoms with E-state index in [9.17, 15) is 4.79 Å². The first kappa shape index (κ1) is 17.4. The Bertz CT molecular complexity index is 769. The van der Waals surface area contributed by atoms with E-state index in [1.807, 2.05) is 12.3 Å². The van der Waals surface area contributed by atoms with E-state index in [2.05, 4.69) is 35.3 Å². The van der Waals surface area contributed by atoms with Crippen molar-refractivity contribution in [2.45, 2.75) is 38.1 Å². The Balaban J connectivity index is 1.85. The van der Waals surface area contributed by atoms with Crippen LogP contribution in [-0.4, -0.2) is 24.1 Å². The number of benzene rings is 1. The largest absolute Gasteiger partial charge is 0.469 e. The standard InChI is InChI=1S/C21H24N2O2/c1-25-21(24)7-3-2-6-20(17-5-4-10-23-14-17)16-9-8-15-12-19(22)13-18(15)11-16/h4-6,8-11,14,19H,2-3,7,12-13,22H2,1H3/b20-6-. The smallest absolute Gasteiger partial charge is 0.305 e. The molecule has 0 saturated carbocycles. The van der Waals surface area contributed by atoms with Gasteiger partial charge in [-0.15, -0.1) is 0 Å². The zero-order chi connectivity index (χ0) is 17.6. The fraction of sp³-hybridized carbons (Fsp3) is 0.333. The molecule has 1 unspecified atom stereocenters. The van der Waals surface area contributed by atoms with Crippen LogP contribution in [0.5, 0.6) is 0 Å². The summed E-state index contributed by atoms with van der Waals surface area (Å²) < 4.78 is 4.71. The average Bonchev–Trinajstić information content (AvgIpc) is 3.01. The fourth-order valence-corrected chi connectivity index (χ4v) is 3.34. The maximum Gasteiger partial charge on any atom is 0.305 e. The summed E-state index contributed by atoms with van der Waals surface area (Å²) in [5.41, 5.74) is 12.2. The second-order valence-corrected chi connectivity index (χ2v) is 6.48. The number of carbonyl (C=O) groups excluding carboxylic acids is 1. The second-order valence-electron chi connectivity index (χ2n) is 6.48. The molecule has 0 saturated heterocycles. The first-order valence-corrected chi connectivity index (χ1v) is 8.72. The molecular weight excluding hydrogens is 312 g/mol. The predicted molar refractivity (Wildman–Crippen MR) is 99.0 cm³/mol. The lowest BCUT2D eigenvalue weighted by molar-refractivity contribution is -0.140. The Hall–Kier alpha value is -2.46. The van der Waals surface area contributed by atoms with Crippen LogP contribution in [0, 0.1) is 0 Å². The molecule has 0 bridgehead atoms. The number of nitrogens with zero attached hydrogens (tertiary/aromatic N) is 1. The highest BCUT2D eigenvalue weighted by Gasteiger charge is 2.19. The molecule has 1 aliphatic carbocycles. The number of hydrogen-bond acceptors (Lipinski definition) is 4. The summed E-state index contributed by atoms with van der Waals surface area (Å²) in [7, 11) is 1.43. The number of methoxy groups -OCH3 is 1. The monoisotopic (exact) mass is 336 g/mol. The molecule has 1 aromatic heterocycles. The summed E-state index contributed by atoms with van der Waals surface area (Å²) >= 11 is 0. The third-order valence-electron chi connectivity index (χ3n) is 4.62. The molecule has 0 aliphatic heterocycles. The van der Waals surface area contributed by atoms with E-state index in [1.54, 1.807) is 6.20 Å². The van der Waals surface area contributed by atoms with E-state index in [0.29, 0.717) is 6.42 Å². The number of rotatable bonds is 6. The number of allylic oxidation sites excluding steroid dienone is 1. The molecule has 4 heteroatoms. The number of esters is 1. The van der Waals surface area contributed by atoms with Crippen molar-refractivity contribution < 1.29 is 9.53 Å². The van der Waals surface area contributed by atoms with Gasteiger partial charge in [0.25, 0.3) is 0 Å². The van der Waals surface area contributed by atoms with Gasteiger partial charge in [0.2, 0.25) is 0 Å². The number of ether oxygens (including phenoxy) is 1. The topological polar surface area (TPSA) is 65.2 Å². The van der Waals surface area contributed by atoms with E-state index < -0.39 is 0 Å². The number of aromatic nitrogens is 1. The van der Waals surface area contributed by atoms with Crippen LogP contribution in [0.25, 0.3) is 5.57 Å². The van der Waals surface area contributed by atoms with Crippen LogP contribution >= 0.6 is 0 Å². The lowest BCUT2D eigenvalue weighted by Crippen LogP contribution is -2.18. The van der Waals surface area contributed by atoms with Gasteiger partial charge in [-0.3, -0.25) is 9.78 Å². The molecule has 1 aliphatic rings. The Morgan fingerprint density at radius 2 is 2.12 bits per heavy atom. The van der Waals surface area contributed by atoms with Crippen molar-refractivity contribution in [2.24, 2.45) is 5.73 Å². The van der Waals surface area contributed by atoms with Gasteiger partial charge in [0, 0.05) is 30.4 Å². The zero-order valence-corrected chi connectivity index (χ0v) is 14.6. The summed E-state index contributed by atoms with van der Waals surface area (Å²) in [5, 5.41) is 0. The molecule has 1 aromatic carbocycles. The molecule has 2 N–H and O–H groups in total. The molecule has 0 amide bonds. The Kier molecular flexibility index (Phi) is 5.61. The van der Waals surface area contributed by atoms with Crippen LogP contribution in [0.3, 0.4) is 0 Å². The average molecular weight is 336 g/mol. The van der Waals surface area contributed by atoms with Crippen molar-refractivity contribution >= 4 is 11.5 Å². The molecule has 1 atom stereocenters. The Labute approximate surface area is 148 Å². The number of hydrogen-bond donors (Lipinski definition) is 1. The Morgan fingerprint density at radius 3 is 2.88 bits per heavy atom. The number of pyridine rings is 1. The SMILES string of the molecule is COC(=O)CCC/C=C(\c1cccnc1)c1ccc2c(c1)CC(N)C2. The van der Waals surface area contributed by atoms with E-state index in [1.165, 1.54) is 23.8 Å². The fourth-order valence-electron chi connectivity index (χ4n) is 3.34. The minimum absolute atomic E-state index is 0.164. The van der Waals surface area contributed by atoms with E-state index >= 15 is 0 Å². The van der Waals surface area contributed by atoms with Crippen LogP contribution in [-0.2, 0) is 22.4 Å². The van der Waals surface area contributed by atoms with Crippen molar-refractivity contribution in [1.82, 2.24) is 4.98 Å². The summed E-state index contributed by atoms with van der Waals surface area (Å²) in [6.45, 7) is 0. The van der Waals surface area contributed by atoms with Crippen LogP contribution in [0.2, 0.25) is 0 Å². The maximum absolute atomic E-state index is 11.3. The summed E-state index contributed by atoms with van der Waals surface area (Å²) in [6.07, 6.45) is 9.77. The van der Waals surface area contributed by atoms with Crippen molar-refractivity contribution in [3.8, 4) is 0 Å². The van der Waals surface area contributed by atoms with Gasteiger partial charge in [-0.05, 0) is 54.0 Å². The van der Waals surface area contributed by atoms with Crippen LogP contribution in [0.15, 0.2) is 48.8 Å². The lowest BCUT2D eigenvalue weighted by Gasteiger charge is -2.10. The molecule has 0 fully saturated rings. The van der Waals surface area contributed by atoms with Gasteiger partial charge in [0.15, 0.2) is 0 Å². The first-order valence-electron chi connectivity index (χ1n) is 8.72. The molecule has 3 rings (SSSR count). The Morgan fingerprint density at radius 1 is 1.28 bits per heavy atom. The van der Waals surface area contributed by atoms with Crippen molar-refractivity contribution in [3.05, 3.63) is 71.1 Å². The third kappa shape index (κ3) is 4.34. The van der Waals surface area contributed by atoms with Crippen molar-refractivity contribution in [2.75, 3.05) is 7.11 Å². The van der Waals surface area contributed by atoms with Gasteiger partial charge in [-0.25, -0.2) is 0 Å². The maximum atomic E-state index is 11.3. The second kappa shape index (κ2) is 8.08. The molecular formula is C21H24N2O2. The third-order valence-corrected chi connectivity index (χ3v) is 4.62. The van der Waals surface area contributed by atoms with Gasteiger partial charge >= 0.3 is 5.97 Å². The first-order chi connectivity index (χ1) is 12.2. The minimum atomic E-state index is -0.164. The van der Waals surface area contributed by atoms with Crippen LogP contribution in [0.1, 0.15) is 41.5 Å². The van der Waals surface area contributed by atoms with Crippen molar-refractivity contribution in [3.63, 3.8) is 0 Å². The molecule has 2 aromatic rings. The van der Waals surface area contributed by atoms with Crippen LogP contribution in [0.4, 0.5) is 0 Å². The van der Waals surface area contributed by atoms with Crippen molar-refractivity contribution in [1.29, 1.82) is 0 Å². The highest BCUT2D eigenvalue weighted by molar-refractivity contribution is 5.80. The molecule has 0 radical (unpaired) electrons. The normalized spacial score (nSPS) is 16.6. The lowest BCUT2D eigenvalue weighted by atomic mass is 9.95. The number of carbonyl (C=O) groups is 1. The highest BCUT2D eigenvalue weighted by Crippen LogP contribution is 2.29. The number of nitrogens with two attached hydrogens (primary N) is 1. The number of fused-ring (bicyclic) bond motifs is 1. The summed E-state index contributed by atoms with van der Waals surface area (Å²) in [6, 6.07) is 10.9. The summed E-state index contributed by atoms with van der Waals surface area (Å²) in [5.74, 6) is -0.164. The van der Waals surface area contributed by atoms with Gasteiger partial charge in [0.1, 0.15) is 0 Å². The van der Waals surface area contributed by atoms with E-state index in [-0.39, 0.29) is 12.0 Å².